The molecule has 0 bridgehead atoms. The van der Waals surface area contributed by atoms with E-state index >= 15 is 0 Å². The number of nitrogens with zero attached hydrogens (tertiary/aromatic N) is 2. The van der Waals surface area contributed by atoms with E-state index in [1.54, 1.807) is 18.6 Å². The second-order valence-electron chi connectivity index (χ2n) is 6.97. The van der Waals surface area contributed by atoms with E-state index in [2.05, 4.69) is 4.98 Å². The number of hydrogen-bond acceptors (Lipinski definition) is 6. The number of aromatic nitrogens is 2. The number of benzene rings is 2. The van der Waals surface area contributed by atoms with Gasteiger partial charge in [0, 0.05) is 24.1 Å². The predicted molar refractivity (Wildman–Crippen MR) is 125 cm³/mol. The van der Waals surface area contributed by atoms with Crippen molar-refractivity contribution in [2.75, 3.05) is 0 Å². The van der Waals surface area contributed by atoms with Crippen LogP contribution in [0.2, 0.25) is 0 Å². The molecule has 0 spiro atoms. The molecule has 2 heterocycles. The van der Waals surface area contributed by atoms with E-state index in [1.807, 2.05) is 60.8 Å². The van der Waals surface area contributed by atoms with E-state index in [9.17, 15) is 9.59 Å². The van der Waals surface area contributed by atoms with Crippen molar-refractivity contribution >= 4 is 40.6 Å². The second-order valence-corrected chi connectivity index (χ2v) is 8.75. The van der Waals surface area contributed by atoms with Crippen LogP contribution < -0.4 is 19.5 Å². The van der Waals surface area contributed by atoms with Crippen LogP contribution in [0, 0.1) is 6.92 Å². The second kappa shape index (κ2) is 9.24. The van der Waals surface area contributed by atoms with Crippen molar-refractivity contribution in [3.8, 4) is 5.75 Å². The Morgan fingerprint density at radius 1 is 1.16 bits per heavy atom. The summed E-state index contributed by atoms with van der Waals surface area (Å²) in [6.07, 6.45) is 3.36. The first-order chi connectivity index (χ1) is 15.0. The number of carbonyl (C=O) groups is 1. The first-order valence-electron chi connectivity index (χ1n) is 9.60. The first-order valence-corrected chi connectivity index (χ1v) is 11.4. The van der Waals surface area contributed by atoms with Crippen molar-refractivity contribution in [3.05, 3.63) is 101 Å². The van der Waals surface area contributed by atoms with Crippen LogP contribution in [-0.2, 0) is 13.7 Å². The van der Waals surface area contributed by atoms with Crippen molar-refractivity contribution in [2.24, 2.45) is 7.05 Å². The molecule has 0 aliphatic rings. The van der Waals surface area contributed by atoms with Gasteiger partial charge < -0.3 is 9.30 Å². The molecule has 0 N–H and O–H groups in total. The van der Waals surface area contributed by atoms with Gasteiger partial charge in [-0.05, 0) is 36.3 Å². The van der Waals surface area contributed by atoms with Gasteiger partial charge in [0.05, 0.1) is 15.7 Å². The minimum absolute atomic E-state index is 0.108. The predicted octanol–water partition coefficient (Wildman–Crippen LogP) is 3.28. The highest BCUT2D eigenvalue weighted by molar-refractivity contribution is 7.07. The van der Waals surface area contributed by atoms with Gasteiger partial charge in [-0.2, -0.15) is 0 Å². The summed E-state index contributed by atoms with van der Waals surface area (Å²) in [5, 5.41) is 1.95. The number of rotatable bonds is 6. The quantitative estimate of drug-likeness (QED) is 0.425. The number of ether oxygens (including phenoxy) is 1. The van der Waals surface area contributed by atoms with Crippen molar-refractivity contribution in [2.45, 2.75) is 13.5 Å². The summed E-state index contributed by atoms with van der Waals surface area (Å²) in [7, 11) is 1.68. The molecule has 7 heteroatoms. The summed E-state index contributed by atoms with van der Waals surface area (Å²) >= 11 is 2.84. The summed E-state index contributed by atoms with van der Waals surface area (Å²) in [4.78, 5) is 29.5. The molecule has 0 aliphatic heterocycles. The lowest BCUT2D eigenvalue weighted by molar-refractivity contribution is 0.106. The van der Waals surface area contributed by atoms with Crippen molar-refractivity contribution in [1.82, 2.24) is 9.55 Å². The van der Waals surface area contributed by atoms with E-state index in [4.69, 9.17) is 4.74 Å². The molecule has 31 heavy (non-hydrogen) atoms. The first kappa shape index (κ1) is 21.0. The molecule has 0 saturated heterocycles. The number of aryl methyl sites for hydroxylation is 1. The highest BCUT2D eigenvalue weighted by atomic mass is 32.1. The molecule has 0 fully saturated rings. The van der Waals surface area contributed by atoms with Crippen LogP contribution in [0.5, 0.6) is 5.75 Å². The topological polar surface area (TPSA) is 61.2 Å². The maximum absolute atomic E-state index is 12.7. The van der Waals surface area contributed by atoms with Gasteiger partial charge in [-0.3, -0.25) is 9.59 Å². The molecule has 156 valence electrons. The lowest BCUT2D eigenvalue weighted by Gasteiger charge is -2.04. The maximum atomic E-state index is 12.7. The van der Waals surface area contributed by atoms with Gasteiger partial charge in [0.2, 0.25) is 0 Å². The smallest absolute Gasteiger partial charge is 0.268 e. The molecule has 4 aromatic rings. The molecule has 0 unspecified atom stereocenters. The van der Waals surface area contributed by atoms with Crippen molar-refractivity contribution in [3.63, 3.8) is 0 Å². The van der Waals surface area contributed by atoms with Crippen LogP contribution in [0.25, 0.3) is 12.2 Å². The zero-order valence-electron chi connectivity index (χ0n) is 17.1. The molecule has 4 rings (SSSR count). The molecule has 2 aromatic carbocycles. The summed E-state index contributed by atoms with van der Waals surface area (Å²) in [6.45, 7) is 2.32. The van der Waals surface area contributed by atoms with Crippen molar-refractivity contribution < 1.29 is 9.53 Å². The van der Waals surface area contributed by atoms with E-state index < -0.39 is 0 Å². The third-order valence-electron chi connectivity index (χ3n) is 4.77. The lowest BCUT2D eigenvalue weighted by Crippen LogP contribution is -2.29. The Bertz CT molecular complexity index is 1380. The van der Waals surface area contributed by atoms with Gasteiger partial charge in [-0.15, -0.1) is 22.7 Å². The van der Waals surface area contributed by atoms with E-state index in [1.165, 1.54) is 33.3 Å². The maximum Gasteiger partial charge on any atom is 0.268 e. The highest BCUT2D eigenvalue weighted by Gasteiger charge is 2.08. The van der Waals surface area contributed by atoms with Gasteiger partial charge >= 0.3 is 0 Å². The van der Waals surface area contributed by atoms with Crippen LogP contribution >= 0.6 is 22.7 Å². The van der Waals surface area contributed by atoms with Crippen LogP contribution in [0.1, 0.15) is 27.2 Å². The largest absolute Gasteiger partial charge is 0.487 e. The molecule has 0 radical (unpaired) electrons. The lowest BCUT2D eigenvalue weighted by atomic mass is 10.1. The third kappa shape index (κ3) is 4.90. The monoisotopic (exact) mass is 448 g/mol. The van der Waals surface area contributed by atoms with E-state index in [0.29, 0.717) is 21.4 Å². The van der Waals surface area contributed by atoms with Crippen LogP contribution in [-0.4, -0.2) is 15.3 Å². The Morgan fingerprint density at radius 3 is 2.65 bits per heavy atom. The summed E-state index contributed by atoms with van der Waals surface area (Å²) < 4.78 is 8.42. The zero-order valence-corrected chi connectivity index (χ0v) is 18.7. The Morgan fingerprint density at radius 2 is 1.94 bits per heavy atom. The van der Waals surface area contributed by atoms with Crippen molar-refractivity contribution in [1.29, 1.82) is 0 Å². The third-order valence-corrected chi connectivity index (χ3v) is 6.52. The SMILES string of the molecule is Cc1ccccc1C(=O)/C=c1\s/c(=C\c2ccc(OCc3cscn3)cc2)c(=O)n1C. The normalized spacial score (nSPS) is 12.3. The minimum Gasteiger partial charge on any atom is -0.487 e. The Hall–Kier alpha value is -3.29. The zero-order chi connectivity index (χ0) is 21.8. The number of hydrogen-bond donors (Lipinski definition) is 0. The number of thiazole rings is 2. The molecule has 0 aliphatic carbocycles. The van der Waals surface area contributed by atoms with Crippen LogP contribution in [0.3, 0.4) is 0 Å². The molecular formula is C24H20N2O3S2. The molecule has 0 atom stereocenters. The molecule has 0 amide bonds. The highest BCUT2D eigenvalue weighted by Crippen LogP contribution is 2.15. The summed E-state index contributed by atoms with van der Waals surface area (Å²) in [5.41, 5.74) is 4.98. The van der Waals surface area contributed by atoms with Gasteiger partial charge in [-0.25, -0.2) is 4.98 Å². The number of Topliss-reactive ketones (excluding diaryl/α,β-unsaturated/α-hetero) is 1. The van der Waals surface area contributed by atoms with Crippen LogP contribution in [0.15, 0.2) is 64.2 Å². The average molecular weight is 449 g/mol. The average Bonchev–Trinajstić information content (AvgIpc) is 3.38. The molecule has 0 saturated carbocycles. The van der Waals surface area contributed by atoms with E-state index in [-0.39, 0.29) is 11.3 Å². The van der Waals surface area contributed by atoms with Gasteiger partial charge in [0.1, 0.15) is 17.0 Å². The van der Waals surface area contributed by atoms with Gasteiger partial charge in [0.15, 0.2) is 5.78 Å². The molecule has 5 nitrogen and oxygen atoms in total. The van der Waals surface area contributed by atoms with Gasteiger partial charge in [-0.1, -0.05) is 36.4 Å². The van der Waals surface area contributed by atoms with Crippen LogP contribution in [0.4, 0.5) is 0 Å². The van der Waals surface area contributed by atoms with Gasteiger partial charge in [0.25, 0.3) is 5.56 Å². The van der Waals surface area contributed by atoms with E-state index in [0.717, 1.165) is 22.6 Å². The molecular weight excluding hydrogens is 428 g/mol. The Balaban J connectivity index is 1.58. The molecule has 2 aromatic heterocycles. The Labute approximate surface area is 187 Å². The Kier molecular flexibility index (Phi) is 6.25. The summed E-state index contributed by atoms with van der Waals surface area (Å²) in [6, 6.07) is 15.0. The fraction of sp³-hybridized carbons (Fsp3) is 0.125. The summed E-state index contributed by atoms with van der Waals surface area (Å²) in [5.74, 6) is 0.630. The minimum atomic E-state index is -0.127. The fourth-order valence-corrected chi connectivity index (χ4v) is 4.60. The fourth-order valence-electron chi connectivity index (χ4n) is 3.02. The number of carbonyl (C=O) groups excluding carboxylic acids is 1. The number of ketones is 1. The standard InChI is InChI=1S/C24H20N2O3S2/c1-16-5-3-4-6-20(16)21(27)12-23-26(2)24(28)22(31-23)11-17-7-9-19(10-8-17)29-13-18-14-30-15-25-18/h3-12,14-15H,13H2,1-2H3/b22-11-,23-12-.